The Morgan fingerprint density at radius 1 is 0.833 bits per heavy atom. The van der Waals surface area contributed by atoms with Crippen LogP contribution >= 0.6 is 22.6 Å². The van der Waals surface area contributed by atoms with Crippen LogP contribution in [-0.2, 0) is 0 Å². The number of ether oxygens (including phenoxy) is 4. The lowest BCUT2D eigenvalue weighted by molar-refractivity contribution is 0.353. The first kappa shape index (κ1) is 25.1. The maximum absolute atomic E-state index is 10.1. The summed E-state index contributed by atoms with van der Waals surface area (Å²) in [7, 11) is 6.40. The molecule has 0 aliphatic heterocycles. The Morgan fingerprint density at radius 2 is 1.44 bits per heavy atom. The van der Waals surface area contributed by atoms with Crippen LogP contribution in [0.15, 0.2) is 70.1 Å². The average molecular weight is 594 g/mol. The van der Waals surface area contributed by atoms with Crippen LogP contribution in [0.2, 0.25) is 0 Å². The number of rotatable bonds is 8. The highest BCUT2D eigenvalue weighted by molar-refractivity contribution is 14.1. The zero-order valence-corrected chi connectivity index (χ0v) is 22.3. The summed E-state index contributed by atoms with van der Waals surface area (Å²) < 4.78 is 28.5. The zero-order valence-electron chi connectivity index (χ0n) is 20.2. The molecule has 0 bridgehead atoms. The highest BCUT2D eigenvalue weighted by atomic mass is 127. The van der Waals surface area contributed by atoms with Gasteiger partial charge in [-0.3, -0.25) is 0 Å². The van der Waals surface area contributed by atoms with E-state index < -0.39 is 0 Å². The lowest BCUT2D eigenvalue weighted by atomic mass is 9.98. The number of nitrogens with zero attached hydrogens (tertiary/aromatic N) is 2. The Balaban J connectivity index is 1.85. The van der Waals surface area contributed by atoms with Gasteiger partial charge in [-0.2, -0.15) is 5.26 Å². The minimum atomic E-state index is 0.207. The van der Waals surface area contributed by atoms with Gasteiger partial charge >= 0.3 is 0 Å². The third-order valence-electron chi connectivity index (χ3n) is 5.52. The Labute approximate surface area is 223 Å². The van der Waals surface area contributed by atoms with E-state index in [1.807, 2.05) is 60.7 Å². The number of furan rings is 1. The van der Waals surface area contributed by atoms with Crippen molar-refractivity contribution in [2.75, 3.05) is 28.4 Å². The summed E-state index contributed by atoms with van der Waals surface area (Å²) in [6.07, 6.45) is 1.64. The molecule has 0 aliphatic rings. The lowest BCUT2D eigenvalue weighted by Gasteiger charge is -2.10. The molecule has 0 N–H and O–H groups in total. The first-order valence-corrected chi connectivity index (χ1v) is 11.9. The largest absolute Gasteiger partial charge is 0.497 e. The van der Waals surface area contributed by atoms with Crippen molar-refractivity contribution in [3.63, 3.8) is 0 Å². The van der Waals surface area contributed by atoms with Crippen LogP contribution in [0.1, 0.15) is 11.1 Å². The first-order valence-electron chi connectivity index (χ1n) is 10.8. The van der Waals surface area contributed by atoms with Gasteiger partial charge < -0.3 is 23.4 Å². The highest BCUT2D eigenvalue weighted by Gasteiger charge is 2.23. The third-order valence-corrected chi connectivity index (χ3v) is 6.32. The van der Waals surface area contributed by atoms with E-state index in [9.17, 15) is 5.26 Å². The van der Waals surface area contributed by atoms with Crippen LogP contribution in [0.25, 0.3) is 22.5 Å². The van der Waals surface area contributed by atoms with E-state index >= 15 is 0 Å². The van der Waals surface area contributed by atoms with Crippen molar-refractivity contribution in [3.8, 4) is 51.5 Å². The maximum Gasteiger partial charge on any atom is 0.238 e. The maximum atomic E-state index is 10.1. The van der Waals surface area contributed by atoms with E-state index in [1.54, 1.807) is 34.7 Å². The van der Waals surface area contributed by atoms with Crippen LogP contribution < -0.4 is 18.9 Å². The molecule has 0 saturated heterocycles. The Hall–Kier alpha value is -3.97. The normalized spacial score (nSPS) is 10.8. The average Bonchev–Trinajstić information content (AvgIpc) is 3.30. The molecule has 1 aromatic heterocycles. The van der Waals surface area contributed by atoms with Crippen molar-refractivity contribution in [3.05, 3.63) is 75.4 Å². The molecule has 4 aromatic rings. The predicted molar refractivity (Wildman–Crippen MR) is 147 cm³/mol. The third kappa shape index (κ3) is 5.02. The summed E-state index contributed by atoms with van der Waals surface area (Å²) in [6.45, 7) is 0. The van der Waals surface area contributed by atoms with Crippen molar-refractivity contribution in [1.29, 1.82) is 5.26 Å². The van der Waals surface area contributed by atoms with Crippen molar-refractivity contribution in [1.82, 2.24) is 0 Å². The second-order valence-electron chi connectivity index (χ2n) is 7.55. The summed E-state index contributed by atoms with van der Waals surface area (Å²) in [5, 5.41) is 10.1. The Kier molecular flexibility index (Phi) is 7.80. The highest BCUT2D eigenvalue weighted by Crippen LogP contribution is 2.43. The van der Waals surface area contributed by atoms with Gasteiger partial charge in [-0.05, 0) is 82.2 Å². The standard InChI is InChI=1S/C28H23IN2O5/c1-32-20-9-5-18(6-10-20)25-22(15-30)28(36-26(25)19-7-11-21(33-2)12-8-19)31-16-17-13-23(29)27(35-4)24(14-17)34-3/h5-14,16H,1-4H3. The number of methoxy groups -OCH3 is 4. The Bertz CT molecular complexity index is 1440. The van der Waals surface area contributed by atoms with Gasteiger partial charge in [0.25, 0.3) is 0 Å². The second-order valence-corrected chi connectivity index (χ2v) is 8.71. The molecule has 182 valence electrons. The summed E-state index contributed by atoms with van der Waals surface area (Å²) in [4.78, 5) is 4.56. The molecule has 0 unspecified atom stereocenters. The lowest BCUT2D eigenvalue weighted by Crippen LogP contribution is -1.95. The van der Waals surface area contributed by atoms with Crippen LogP contribution in [0, 0.1) is 14.9 Å². The molecule has 0 saturated carbocycles. The topological polar surface area (TPSA) is 86.2 Å². The molecule has 0 amide bonds. The van der Waals surface area contributed by atoms with E-state index in [4.69, 9.17) is 23.4 Å². The molecule has 0 atom stereocenters. The monoisotopic (exact) mass is 594 g/mol. The van der Waals surface area contributed by atoms with Crippen molar-refractivity contribution < 1.29 is 23.4 Å². The van der Waals surface area contributed by atoms with Crippen LogP contribution in [0.4, 0.5) is 5.88 Å². The van der Waals surface area contributed by atoms with Gasteiger partial charge in [0.2, 0.25) is 5.88 Å². The molecule has 8 heteroatoms. The SMILES string of the molecule is COc1ccc(-c2oc(N=Cc3cc(I)c(OC)c(OC)c3)c(C#N)c2-c2ccc(OC)cc2)cc1. The van der Waals surface area contributed by atoms with Gasteiger partial charge in [-0.25, -0.2) is 4.99 Å². The van der Waals surface area contributed by atoms with E-state index in [0.717, 1.165) is 26.0 Å². The van der Waals surface area contributed by atoms with E-state index in [1.165, 1.54) is 0 Å². The predicted octanol–water partition coefficient (Wildman–Crippen LogP) is 6.87. The van der Waals surface area contributed by atoms with Gasteiger partial charge in [0, 0.05) is 17.3 Å². The molecule has 36 heavy (non-hydrogen) atoms. The van der Waals surface area contributed by atoms with Gasteiger partial charge in [0.1, 0.15) is 28.9 Å². The molecule has 7 nitrogen and oxygen atoms in total. The first-order chi connectivity index (χ1) is 17.5. The second kappa shape index (κ2) is 11.2. The summed E-state index contributed by atoms with van der Waals surface area (Å²) >= 11 is 2.18. The number of hydrogen-bond donors (Lipinski definition) is 0. The molecule has 1 heterocycles. The zero-order chi connectivity index (χ0) is 25.7. The quantitative estimate of drug-likeness (QED) is 0.163. The fourth-order valence-corrected chi connectivity index (χ4v) is 4.58. The number of hydrogen-bond acceptors (Lipinski definition) is 7. The van der Waals surface area contributed by atoms with Crippen LogP contribution in [0.5, 0.6) is 23.0 Å². The molecular weight excluding hydrogens is 571 g/mol. The molecule has 0 spiro atoms. The minimum absolute atomic E-state index is 0.207. The molecular formula is C28H23IN2O5. The fraction of sp³-hybridized carbons (Fsp3) is 0.143. The summed E-state index contributed by atoms with van der Waals surface area (Å²) in [5.74, 6) is 3.41. The minimum Gasteiger partial charge on any atom is -0.497 e. The van der Waals surface area contributed by atoms with E-state index in [2.05, 4.69) is 33.7 Å². The van der Waals surface area contributed by atoms with Crippen molar-refractivity contribution >= 4 is 34.7 Å². The molecule has 0 aliphatic carbocycles. The molecule has 0 fully saturated rings. The Morgan fingerprint density at radius 3 is 1.97 bits per heavy atom. The summed E-state index contributed by atoms with van der Waals surface area (Å²) in [5.41, 5.74) is 3.36. The van der Waals surface area contributed by atoms with Gasteiger partial charge in [-0.1, -0.05) is 12.1 Å². The van der Waals surface area contributed by atoms with Crippen LogP contribution in [0.3, 0.4) is 0 Å². The molecule has 3 aromatic carbocycles. The molecule has 4 rings (SSSR count). The van der Waals surface area contributed by atoms with Crippen molar-refractivity contribution in [2.45, 2.75) is 0 Å². The van der Waals surface area contributed by atoms with Gasteiger partial charge in [0.05, 0.1) is 32.0 Å². The van der Waals surface area contributed by atoms with E-state index in [-0.39, 0.29) is 5.88 Å². The van der Waals surface area contributed by atoms with Crippen molar-refractivity contribution in [2.24, 2.45) is 4.99 Å². The number of halogens is 1. The van der Waals surface area contributed by atoms with E-state index in [0.29, 0.717) is 34.1 Å². The van der Waals surface area contributed by atoms with Crippen LogP contribution in [-0.4, -0.2) is 34.7 Å². The summed E-state index contributed by atoms with van der Waals surface area (Å²) in [6, 6.07) is 20.9. The number of aliphatic imine (C=N–C) groups is 1. The smallest absolute Gasteiger partial charge is 0.238 e. The van der Waals surface area contributed by atoms with Gasteiger partial charge in [-0.15, -0.1) is 0 Å². The number of benzene rings is 3. The fourth-order valence-electron chi connectivity index (χ4n) is 3.74. The molecule has 0 radical (unpaired) electrons. The van der Waals surface area contributed by atoms with Gasteiger partial charge in [0.15, 0.2) is 11.5 Å². The number of nitriles is 1.